The molecule has 0 fully saturated rings. The zero-order valence-corrected chi connectivity index (χ0v) is 52.7. The fourth-order valence-corrected chi connectivity index (χ4v) is 11.7. The van der Waals surface area contributed by atoms with Crippen molar-refractivity contribution in [2.75, 3.05) is 13.2 Å². The number of carbonyl (C=O) groups is 2. The summed E-state index contributed by atoms with van der Waals surface area (Å²) in [4.78, 5) is 24.6. The van der Waals surface area contributed by atoms with Crippen molar-refractivity contribution in [3.05, 3.63) is 0 Å². The van der Waals surface area contributed by atoms with Crippen LogP contribution in [0, 0.1) is 0 Å². The SMILES string of the molecule is CCCCCCCCCCCCCCCCCCC(=O)OCCCCCCCCCCCCCCCCCCCCCCCCCCCCCCCCCC(=O)NC(CO)C(O)CCCCCCCCCCCCCCC. The van der Waals surface area contributed by atoms with Gasteiger partial charge in [0.15, 0.2) is 0 Å². The highest BCUT2D eigenvalue weighted by atomic mass is 16.5. The van der Waals surface area contributed by atoms with Crippen LogP contribution < -0.4 is 5.32 Å². The molecule has 0 heterocycles. The van der Waals surface area contributed by atoms with E-state index in [-0.39, 0.29) is 18.5 Å². The summed E-state index contributed by atoms with van der Waals surface area (Å²) in [7, 11) is 0. The van der Waals surface area contributed by atoms with Gasteiger partial charge < -0.3 is 20.3 Å². The Morgan fingerprint density at radius 1 is 0.312 bits per heavy atom. The molecule has 2 unspecified atom stereocenters. The van der Waals surface area contributed by atoms with Crippen molar-refractivity contribution < 1.29 is 24.5 Å². The summed E-state index contributed by atoms with van der Waals surface area (Å²) in [5, 5.41) is 23.3. The summed E-state index contributed by atoms with van der Waals surface area (Å²) >= 11 is 0. The Hall–Kier alpha value is -1.14. The molecule has 0 aromatic heterocycles. The van der Waals surface area contributed by atoms with Gasteiger partial charge in [0, 0.05) is 12.8 Å². The number of rotatable bonds is 68. The lowest BCUT2D eigenvalue weighted by Gasteiger charge is -2.22. The molecule has 0 radical (unpaired) electrons. The van der Waals surface area contributed by atoms with Crippen molar-refractivity contribution in [3.8, 4) is 0 Å². The molecule has 0 rings (SSSR count). The minimum atomic E-state index is -0.659. The van der Waals surface area contributed by atoms with Crippen LogP contribution in [0.15, 0.2) is 0 Å². The van der Waals surface area contributed by atoms with E-state index < -0.39 is 12.1 Å². The average molecular weight is 1090 g/mol. The predicted octanol–water partition coefficient (Wildman–Crippen LogP) is 23.0. The minimum absolute atomic E-state index is 0.0253. The average Bonchev–Trinajstić information content (AvgIpc) is 3.43. The maximum atomic E-state index is 12.5. The van der Waals surface area contributed by atoms with E-state index >= 15 is 0 Å². The van der Waals surface area contributed by atoms with Crippen molar-refractivity contribution in [2.24, 2.45) is 0 Å². The van der Waals surface area contributed by atoms with Gasteiger partial charge in [-0.05, 0) is 25.7 Å². The van der Waals surface area contributed by atoms with Gasteiger partial charge in [-0.2, -0.15) is 0 Å². The van der Waals surface area contributed by atoms with E-state index in [1.807, 2.05) is 0 Å². The Labute approximate surface area is 483 Å². The van der Waals surface area contributed by atoms with Gasteiger partial charge in [0.25, 0.3) is 0 Å². The second-order valence-electron chi connectivity index (χ2n) is 24.9. The molecule has 2 atom stereocenters. The molecule has 3 N–H and O–H groups in total. The van der Waals surface area contributed by atoms with Crippen LogP contribution in [-0.4, -0.2) is 47.4 Å². The normalized spacial score (nSPS) is 12.4. The minimum Gasteiger partial charge on any atom is -0.466 e. The van der Waals surface area contributed by atoms with Gasteiger partial charge in [0.05, 0.1) is 25.4 Å². The molecule has 0 aliphatic rings. The highest BCUT2D eigenvalue weighted by molar-refractivity contribution is 5.76. The molecule has 0 aromatic rings. The van der Waals surface area contributed by atoms with Crippen molar-refractivity contribution >= 4 is 11.9 Å². The maximum absolute atomic E-state index is 12.5. The topological polar surface area (TPSA) is 95.9 Å². The number of nitrogens with one attached hydrogen (secondary N) is 1. The Kier molecular flexibility index (Phi) is 66.4. The van der Waals surface area contributed by atoms with Crippen LogP contribution in [0.4, 0.5) is 0 Å². The van der Waals surface area contributed by atoms with Crippen LogP contribution in [0.2, 0.25) is 0 Å². The van der Waals surface area contributed by atoms with E-state index in [4.69, 9.17) is 4.74 Å². The zero-order chi connectivity index (χ0) is 55.7. The molecule has 0 spiro atoms. The Morgan fingerprint density at radius 2 is 0.532 bits per heavy atom. The third-order valence-corrected chi connectivity index (χ3v) is 17.2. The molecule has 1 amide bonds. The number of carbonyl (C=O) groups excluding carboxylic acids is 2. The molecule has 460 valence electrons. The van der Waals surface area contributed by atoms with Crippen LogP contribution in [0.1, 0.15) is 418 Å². The number of hydrogen-bond donors (Lipinski definition) is 3. The lowest BCUT2D eigenvalue weighted by atomic mass is 10.0. The lowest BCUT2D eigenvalue weighted by Crippen LogP contribution is -2.45. The Balaban J connectivity index is 3.29. The van der Waals surface area contributed by atoms with E-state index in [1.54, 1.807) is 0 Å². The van der Waals surface area contributed by atoms with Crippen molar-refractivity contribution in [2.45, 2.75) is 431 Å². The molecule has 0 aliphatic carbocycles. The van der Waals surface area contributed by atoms with Crippen LogP contribution in [-0.2, 0) is 14.3 Å². The summed E-state index contributed by atoms with van der Waals surface area (Å²) in [6, 6.07) is -0.536. The van der Waals surface area contributed by atoms with Crippen LogP contribution in [0.3, 0.4) is 0 Å². The van der Waals surface area contributed by atoms with E-state index in [2.05, 4.69) is 19.2 Å². The third-order valence-electron chi connectivity index (χ3n) is 17.2. The first kappa shape index (κ1) is 75.9. The molecule has 0 saturated heterocycles. The Bertz CT molecular complexity index is 1120. The van der Waals surface area contributed by atoms with Gasteiger partial charge in [0.1, 0.15) is 0 Å². The van der Waals surface area contributed by atoms with Gasteiger partial charge in [-0.25, -0.2) is 0 Å². The van der Waals surface area contributed by atoms with Gasteiger partial charge in [0.2, 0.25) is 5.91 Å². The lowest BCUT2D eigenvalue weighted by molar-refractivity contribution is -0.143. The van der Waals surface area contributed by atoms with Crippen molar-refractivity contribution in [1.82, 2.24) is 5.32 Å². The summed E-state index contributed by atoms with van der Waals surface area (Å²) in [5.74, 6) is -0.00251. The van der Waals surface area contributed by atoms with Gasteiger partial charge >= 0.3 is 5.97 Å². The number of aliphatic hydroxyl groups excluding tert-OH is 2. The van der Waals surface area contributed by atoms with Gasteiger partial charge in [-0.15, -0.1) is 0 Å². The van der Waals surface area contributed by atoms with Gasteiger partial charge in [-0.3, -0.25) is 9.59 Å². The van der Waals surface area contributed by atoms with Gasteiger partial charge in [-0.1, -0.05) is 380 Å². The summed E-state index contributed by atoms with van der Waals surface area (Å²) in [5.41, 5.74) is 0. The number of ether oxygens (including phenoxy) is 1. The highest BCUT2D eigenvalue weighted by Crippen LogP contribution is 2.20. The van der Waals surface area contributed by atoms with Crippen LogP contribution >= 0.6 is 0 Å². The molecule has 0 saturated carbocycles. The number of esters is 1. The fourth-order valence-electron chi connectivity index (χ4n) is 11.7. The first-order valence-corrected chi connectivity index (χ1v) is 35.8. The van der Waals surface area contributed by atoms with Crippen molar-refractivity contribution in [1.29, 1.82) is 0 Å². The number of aliphatic hydroxyl groups is 2. The largest absolute Gasteiger partial charge is 0.466 e. The summed E-state index contributed by atoms with van der Waals surface area (Å²) in [6.45, 7) is 5.00. The molecule has 6 heteroatoms. The summed E-state index contributed by atoms with van der Waals surface area (Å²) in [6.07, 6.45) is 81.7. The quantitative estimate of drug-likeness (QED) is 0.0417. The number of amides is 1. The second kappa shape index (κ2) is 67.4. The molecule has 0 bridgehead atoms. The molecule has 6 nitrogen and oxygen atoms in total. The predicted molar refractivity (Wildman–Crippen MR) is 338 cm³/mol. The zero-order valence-electron chi connectivity index (χ0n) is 52.7. The number of unbranched alkanes of at least 4 members (excludes halogenated alkanes) is 57. The first-order valence-electron chi connectivity index (χ1n) is 35.8. The molecule has 0 aromatic carbocycles. The smallest absolute Gasteiger partial charge is 0.305 e. The first-order chi connectivity index (χ1) is 38.0. The van der Waals surface area contributed by atoms with E-state index in [0.29, 0.717) is 25.9 Å². The van der Waals surface area contributed by atoms with E-state index in [9.17, 15) is 19.8 Å². The molecular formula is C71H141NO5. The fraction of sp³-hybridized carbons (Fsp3) is 0.972. The maximum Gasteiger partial charge on any atom is 0.305 e. The molecular weight excluding hydrogens is 947 g/mol. The molecule has 77 heavy (non-hydrogen) atoms. The highest BCUT2D eigenvalue weighted by Gasteiger charge is 2.20. The molecule has 0 aliphatic heterocycles. The summed E-state index contributed by atoms with van der Waals surface area (Å²) < 4.78 is 5.51. The second-order valence-corrected chi connectivity index (χ2v) is 24.9. The number of hydrogen-bond acceptors (Lipinski definition) is 5. The Morgan fingerprint density at radius 3 is 0.792 bits per heavy atom. The third kappa shape index (κ3) is 63.9. The monoisotopic (exact) mass is 1090 g/mol. The standard InChI is InChI=1S/C71H141NO5/c1-3-5-7-9-11-13-15-17-18-37-41-45-49-53-57-61-65-71(76)77-66-62-58-54-50-46-42-38-35-33-31-29-27-25-23-21-19-20-22-24-26-28-30-32-34-36-40-44-48-52-56-60-64-70(75)72-68(67-73)69(74)63-59-55-51-47-43-39-16-14-12-10-8-6-4-2/h68-69,73-74H,3-67H2,1-2H3,(H,72,75). The van der Waals surface area contributed by atoms with Crippen molar-refractivity contribution in [3.63, 3.8) is 0 Å². The van der Waals surface area contributed by atoms with E-state index in [0.717, 1.165) is 38.5 Å². The van der Waals surface area contributed by atoms with Crippen LogP contribution in [0.25, 0.3) is 0 Å². The van der Waals surface area contributed by atoms with E-state index in [1.165, 1.54) is 347 Å². The van der Waals surface area contributed by atoms with Crippen LogP contribution in [0.5, 0.6) is 0 Å².